The summed E-state index contributed by atoms with van der Waals surface area (Å²) in [5.41, 5.74) is 6.74. The van der Waals surface area contributed by atoms with Gasteiger partial charge in [0.1, 0.15) is 5.82 Å². The van der Waals surface area contributed by atoms with Crippen LogP contribution in [0.25, 0.3) is 21.2 Å². The fourth-order valence-corrected chi connectivity index (χ4v) is 4.72. The van der Waals surface area contributed by atoms with Crippen molar-refractivity contribution < 1.29 is 18.3 Å². The molecule has 164 valence electrons. The molecule has 1 aliphatic heterocycles. The smallest absolute Gasteiger partial charge is 0.343 e. The second-order valence-corrected chi connectivity index (χ2v) is 8.48. The quantitative estimate of drug-likeness (QED) is 0.459. The lowest BCUT2D eigenvalue weighted by Crippen LogP contribution is -2.20. The van der Waals surface area contributed by atoms with Crippen LogP contribution in [-0.2, 0) is 13.0 Å². The molecule has 0 radical (unpaired) electrons. The van der Waals surface area contributed by atoms with Crippen molar-refractivity contribution in [3.05, 3.63) is 75.3 Å². The molecule has 5 rings (SSSR count). The Morgan fingerprint density at radius 3 is 2.72 bits per heavy atom. The minimum Gasteiger partial charge on any atom is -0.454 e. The van der Waals surface area contributed by atoms with Crippen LogP contribution in [0, 0.1) is 0 Å². The highest BCUT2D eigenvalue weighted by Gasteiger charge is 2.16. The highest BCUT2D eigenvalue weighted by Crippen LogP contribution is 2.37. The Morgan fingerprint density at radius 2 is 1.91 bits per heavy atom. The van der Waals surface area contributed by atoms with E-state index in [1.54, 1.807) is 0 Å². The summed E-state index contributed by atoms with van der Waals surface area (Å²) in [6, 6.07) is 13.9. The number of ether oxygens (including phenoxy) is 2. The molecule has 0 bridgehead atoms. The van der Waals surface area contributed by atoms with Gasteiger partial charge >= 0.3 is 5.69 Å². The van der Waals surface area contributed by atoms with E-state index in [4.69, 9.17) is 15.2 Å². The highest BCUT2D eigenvalue weighted by atomic mass is 32.1. The normalized spacial score (nSPS) is 12.5. The van der Waals surface area contributed by atoms with Gasteiger partial charge in [-0.2, -0.15) is 13.9 Å². The van der Waals surface area contributed by atoms with Gasteiger partial charge in [-0.25, -0.2) is 9.89 Å². The number of hydrogen-bond acceptors (Lipinski definition) is 6. The molecule has 0 saturated carbocycles. The summed E-state index contributed by atoms with van der Waals surface area (Å²) < 4.78 is 39.2. The molecule has 0 fully saturated rings. The van der Waals surface area contributed by atoms with E-state index in [9.17, 15) is 13.6 Å². The first-order valence-corrected chi connectivity index (χ1v) is 10.6. The Labute approximate surface area is 184 Å². The monoisotopic (exact) mass is 456 g/mol. The highest BCUT2D eigenvalue weighted by molar-refractivity contribution is 7.19. The number of nitrogens with two attached hydrogens (primary N) is 1. The molecule has 3 N–H and O–H groups in total. The number of H-pyrrole nitrogens is 1. The van der Waals surface area contributed by atoms with E-state index < -0.39 is 11.8 Å². The fraction of sp³-hybridized carbons (Fsp3) is 0.182. The number of rotatable bonds is 6. The third-order valence-corrected chi connectivity index (χ3v) is 6.40. The van der Waals surface area contributed by atoms with Crippen molar-refractivity contribution in [2.45, 2.75) is 13.0 Å². The predicted octanol–water partition coefficient (Wildman–Crippen LogP) is 3.88. The van der Waals surface area contributed by atoms with Crippen LogP contribution in [0.1, 0.15) is 10.7 Å². The summed E-state index contributed by atoms with van der Waals surface area (Å²) in [6.45, 7) is 0.159. The SMILES string of the molecule is NCC(Cc1n[nH]c(=O)n1Cc1cc2ccc(-c3ccc4c(c3)OCO4)cc2s1)=C(F)F. The largest absolute Gasteiger partial charge is 0.454 e. The zero-order valence-electron chi connectivity index (χ0n) is 16.7. The van der Waals surface area contributed by atoms with Crippen LogP contribution < -0.4 is 20.9 Å². The topological polar surface area (TPSA) is 95.2 Å². The predicted molar refractivity (Wildman–Crippen MR) is 117 cm³/mol. The van der Waals surface area contributed by atoms with Gasteiger partial charge in [0.25, 0.3) is 6.08 Å². The van der Waals surface area contributed by atoms with E-state index in [1.165, 1.54) is 15.9 Å². The van der Waals surface area contributed by atoms with Crippen molar-refractivity contribution >= 4 is 21.4 Å². The van der Waals surface area contributed by atoms with Crippen LogP contribution in [-0.4, -0.2) is 28.1 Å². The van der Waals surface area contributed by atoms with Crippen LogP contribution in [0.15, 0.2) is 58.9 Å². The van der Waals surface area contributed by atoms with E-state index in [2.05, 4.69) is 16.3 Å². The van der Waals surface area contributed by atoms with Crippen LogP contribution in [0.3, 0.4) is 0 Å². The molecular formula is C22H18F2N4O3S. The van der Waals surface area contributed by atoms with Gasteiger partial charge < -0.3 is 15.2 Å². The molecule has 7 nitrogen and oxygen atoms in total. The summed E-state index contributed by atoms with van der Waals surface area (Å²) in [4.78, 5) is 13.1. The van der Waals surface area contributed by atoms with Crippen molar-refractivity contribution in [2.24, 2.45) is 5.73 Å². The number of nitrogens with zero attached hydrogens (tertiary/aromatic N) is 2. The molecule has 0 amide bonds. The number of halogens is 2. The summed E-state index contributed by atoms with van der Waals surface area (Å²) in [5.74, 6) is 1.67. The number of thiophene rings is 1. The third kappa shape index (κ3) is 3.78. The maximum absolute atomic E-state index is 13.0. The van der Waals surface area contributed by atoms with Gasteiger partial charge in [0.2, 0.25) is 6.79 Å². The number of benzene rings is 2. The van der Waals surface area contributed by atoms with Gasteiger partial charge in [0.15, 0.2) is 11.5 Å². The molecule has 0 atom stereocenters. The Balaban J connectivity index is 1.44. The second-order valence-electron chi connectivity index (χ2n) is 7.31. The van der Waals surface area contributed by atoms with E-state index in [1.807, 2.05) is 36.4 Å². The van der Waals surface area contributed by atoms with Gasteiger partial charge in [0, 0.05) is 28.1 Å². The minimum atomic E-state index is -1.84. The number of fused-ring (bicyclic) bond motifs is 2. The molecule has 4 aromatic rings. The van der Waals surface area contributed by atoms with Crippen molar-refractivity contribution in [3.8, 4) is 22.6 Å². The molecule has 0 aliphatic carbocycles. The summed E-state index contributed by atoms with van der Waals surface area (Å²) >= 11 is 1.54. The molecule has 2 aromatic heterocycles. The molecule has 3 heterocycles. The first-order chi connectivity index (χ1) is 15.5. The molecule has 1 aliphatic rings. The number of aromatic nitrogens is 3. The van der Waals surface area contributed by atoms with E-state index >= 15 is 0 Å². The molecule has 10 heteroatoms. The second kappa shape index (κ2) is 8.21. The number of hydrogen-bond donors (Lipinski definition) is 2. The van der Waals surface area contributed by atoms with Gasteiger partial charge in [0.05, 0.1) is 6.54 Å². The zero-order valence-corrected chi connectivity index (χ0v) is 17.5. The van der Waals surface area contributed by atoms with Crippen LogP contribution >= 0.6 is 11.3 Å². The molecule has 0 unspecified atom stereocenters. The number of nitrogens with one attached hydrogen (secondary N) is 1. The Morgan fingerprint density at radius 1 is 1.12 bits per heavy atom. The summed E-state index contributed by atoms with van der Waals surface area (Å²) in [5, 5.41) is 7.28. The zero-order chi connectivity index (χ0) is 22.2. The summed E-state index contributed by atoms with van der Waals surface area (Å²) in [6.07, 6.45) is -2.02. The molecular weight excluding hydrogens is 438 g/mol. The minimum absolute atomic E-state index is 0.184. The van der Waals surface area contributed by atoms with E-state index in [0.717, 1.165) is 37.6 Å². The van der Waals surface area contributed by atoms with E-state index in [0.29, 0.717) is 0 Å². The summed E-state index contributed by atoms with van der Waals surface area (Å²) in [7, 11) is 0. The van der Waals surface area contributed by atoms with Gasteiger partial charge in [-0.3, -0.25) is 4.57 Å². The van der Waals surface area contributed by atoms with Crippen molar-refractivity contribution in [3.63, 3.8) is 0 Å². The molecule has 32 heavy (non-hydrogen) atoms. The Kier molecular flexibility index (Phi) is 5.24. The average molecular weight is 456 g/mol. The molecule has 2 aromatic carbocycles. The lowest BCUT2D eigenvalue weighted by molar-refractivity contribution is 0.174. The fourth-order valence-electron chi connectivity index (χ4n) is 3.63. The Hall–Kier alpha value is -3.50. The molecule has 0 saturated heterocycles. The first kappa shape index (κ1) is 20.4. The first-order valence-electron chi connectivity index (χ1n) is 9.81. The van der Waals surface area contributed by atoms with Gasteiger partial charge in [-0.1, -0.05) is 18.2 Å². The van der Waals surface area contributed by atoms with Gasteiger partial charge in [-0.15, -0.1) is 11.3 Å². The maximum atomic E-state index is 13.0. The van der Waals surface area contributed by atoms with Crippen molar-refractivity contribution in [1.29, 1.82) is 0 Å². The van der Waals surface area contributed by atoms with Gasteiger partial charge in [-0.05, 0) is 40.8 Å². The maximum Gasteiger partial charge on any atom is 0.343 e. The number of aromatic amines is 1. The van der Waals surface area contributed by atoms with E-state index in [-0.39, 0.29) is 37.7 Å². The lowest BCUT2D eigenvalue weighted by Gasteiger charge is -2.05. The Bertz CT molecular complexity index is 1400. The van der Waals surface area contributed by atoms with Crippen LogP contribution in [0.2, 0.25) is 0 Å². The standard InChI is InChI=1S/C22H18F2N4O3S/c23-21(24)15(9-25)8-20-26-27-22(29)28(20)10-16-5-14-2-1-13(7-19(14)32-16)12-3-4-17-18(6-12)31-11-30-17/h1-7H,8-11,25H2,(H,27,29). The lowest BCUT2D eigenvalue weighted by atomic mass is 10.0. The molecule has 0 spiro atoms. The average Bonchev–Trinajstić information content (AvgIpc) is 3.50. The van der Waals surface area contributed by atoms with Crippen LogP contribution in [0.5, 0.6) is 11.5 Å². The van der Waals surface area contributed by atoms with Crippen LogP contribution in [0.4, 0.5) is 8.78 Å². The van der Waals surface area contributed by atoms with Crippen molar-refractivity contribution in [2.75, 3.05) is 13.3 Å². The van der Waals surface area contributed by atoms with Crippen molar-refractivity contribution in [1.82, 2.24) is 14.8 Å². The third-order valence-electron chi connectivity index (χ3n) is 5.31.